The molecule has 3 rings (SSSR count). The number of hydrogen-bond acceptors (Lipinski definition) is 4. The van der Waals surface area contributed by atoms with E-state index in [4.69, 9.17) is 16.3 Å². The van der Waals surface area contributed by atoms with Crippen LogP contribution in [-0.2, 0) is 9.59 Å². The number of urea groups is 1. The average Bonchev–Trinajstić information content (AvgIpc) is 2.95. The van der Waals surface area contributed by atoms with Gasteiger partial charge in [0.15, 0.2) is 5.75 Å². The number of rotatable bonds is 9. The van der Waals surface area contributed by atoms with Gasteiger partial charge in [-0.1, -0.05) is 56.5 Å². The van der Waals surface area contributed by atoms with E-state index < -0.39 is 24.0 Å². The van der Waals surface area contributed by atoms with Crippen LogP contribution in [0.15, 0.2) is 48.5 Å². The van der Waals surface area contributed by atoms with E-state index in [1.807, 2.05) is 32.0 Å². The maximum atomic E-state index is 13.0. The predicted molar refractivity (Wildman–Crippen MR) is 119 cm³/mol. The summed E-state index contributed by atoms with van der Waals surface area (Å²) in [6.07, 6.45) is 2.56. The molecule has 0 atom stereocenters. The fourth-order valence-corrected chi connectivity index (χ4v) is 3.95. The summed E-state index contributed by atoms with van der Waals surface area (Å²) in [7, 11) is 0. The molecule has 7 nitrogen and oxygen atoms in total. The third-order valence-corrected chi connectivity index (χ3v) is 5.32. The van der Waals surface area contributed by atoms with Crippen molar-refractivity contribution in [2.75, 3.05) is 11.9 Å². The van der Waals surface area contributed by atoms with Crippen LogP contribution in [0, 0.1) is 0 Å². The molecule has 8 heteroatoms. The summed E-state index contributed by atoms with van der Waals surface area (Å²) in [6, 6.07) is 13.4. The van der Waals surface area contributed by atoms with E-state index in [1.54, 1.807) is 30.3 Å². The van der Waals surface area contributed by atoms with E-state index in [9.17, 15) is 14.4 Å². The van der Waals surface area contributed by atoms with E-state index >= 15 is 0 Å². The molecular weight excluding hydrogens is 418 g/mol. The lowest BCUT2D eigenvalue weighted by atomic mass is 9.88. The lowest BCUT2D eigenvalue weighted by molar-refractivity contribution is -0.134. The average molecular weight is 444 g/mol. The Balaban J connectivity index is 1.74. The summed E-state index contributed by atoms with van der Waals surface area (Å²) in [6.45, 7) is 3.52. The zero-order valence-corrected chi connectivity index (χ0v) is 18.4. The first kappa shape index (κ1) is 22.6. The second kappa shape index (κ2) is 9.83. The molecule has 2 N–H and O–H groups in total. The van der Waals surface area contributed by atoms with Gasteiger partial charge in [-0.3, -0.25) is 14.5 Å². The molecule has 0 unspecified atom stereocenters. The summed E-state index contributed by atoms with van der Waals surface area (Å²) in [5.74, 6) is 0.112. The zero-order chi connectivity index (χ0) is 22.4. The molecule has 1 aliphatic heterocycles. The minimum Gasteiger partial charge on any atom is -0.455 e. The van der Waals surface area contributed by atoms with Crippen LogP contribution < -0.4 is 15.4 Å². The number of nitrogens with one attached hydrogen (secondary N) is 2. The van der Waals surface area contributed by atoms with Gasteiger partial charge in [0.2, 0.25) is 5.91 Å². The van der Waals surface area contributed by atoms with Crippen molar-refractivity contribution in [3.05, 3.63) is 53.6 Å². The standard InChI is InChI=1S/C23H26ClN3O4/c1-3-12-23(13-4-2)21(29)27(22(30)26-23)15-20(28)25-18-14-16(24)10-11-19(18)31-17-8-6-5-7-9-17/h5-11,14H,3-4,12-13,15H2,1-2H3,(H,25,28)(H,26,30). The third kappa shape index (κ3) is 5.17. The largest absolute Gasteiger partial charge is 0.455 e. The predicted octanol–water partition coefficient (Wildman–Crippen LogP) is 4.96. The maximum absolute atomic E-state index is 13.0. The molecule has 0 spiro atoms. The molecule has 0 aromatic heterocycles. The van der Waals surface area contributed by atoms with E-state index in [-0.39, 0.29) is 5.91 Å². The summed E-state index contributed by atoms with van der Waals surface area (Å²) in [5.41, 5.74) is -0.583. The number of halogens is 1. The van der Waals surface area contributed by atoms with E-state index in [2.05, 4.69) is 10.6 Å². The van der Waals surface area contributed by atoms with Crippen LogP contribution >= 0.6 is 11.6 Å². The highest BCUT2D eigenvalue weighted by molar-refractivity contribution is 6.31. The molecule has 1 fully saturated rings. The van der Waals surface area contributed by atoms with Gasteiger partial charge in [0, 0.05) is 5.02 Å². The highest BCUT2D eigenvalue weighted by Gasteiger charge is 2.50. The fourth-order valence-electron chi connectivity index (χ4n) is 3.77. The minimum atomic E-state index is -0.932. The lowest BCUT2D eigenvalue weighted by Gasteiger charge is -2.25. The van der Waals surface area contributed by atoms with Crippen LogP contribution in [-0.4, -0.2) is 34.8 Å². The van der Waals surface area contributed by atoms with Crippen LogP contribution in [0.25, 0.3) is 0 Å². The number of ether oxygens (including phenoxy) is 1. The summed E-state index contributed by atoms with van der Waals surface area (Å²) < 4.78 is 5.84. The molecule has 2 aromatic carbocycles. The first-order valence-corrected chi connectivity index (χ1v) is 10.7. The van der Waals surface area contributed by atoms with Crippen molar-refractivity contribution >= 4 is 35.1 Å². The highest BCUT2D eigenvalue weighted by atomic mass is 35.5. The van der Waals surface area contributed by atoms with Crippen molar-refractivity contribution < 1.29 is 19.1 Å². The Kier molecular flexibility index (Phi) is 7.17. The molecular formula is C23H26ClN3O4. The topological polar surface area (TPSA) is 87.7 Å². The molecule has 0 radical (unpaired) electrons. The van der Waals surface area contributed by atoms with Crippen LogP contribution in [0.5, 0.6) is 11.5 Å². The molecule has 4 amide bonds. The van der Waals surface area contributed by atoms with E-state index in [1.165, 1.54) is 0 Å². The van der Waals surface area contributed by atoms with Crippen LogP contribution in [0.3, 0.4) is 0 Å². The molecule has 0 bridgehead atoms. The Morgan fingerprint density at radius 2 is 1.77 bits per heavy atom. The zero-order valence-electron chi connectivity index (χ0n) is 17.6. The first-order valence-electron chi connectivity index (χ1n) is 10.3. The summed E-state index contributed by atoms with van der Waals surface area (Å²) >= 11 is 6.09. The monoisotopic (exact) mass is 443 g/mol. The SMILES string of the molecule is CCCC1(CCC)NC(=O)N(CC(=O)Nc2cc(Cl)ccc2Oc2ccccc2)C1=O. The van der Waals surface area contributed by atoms with Crippen molar-refractivity contribution in [1.82, 2.24) is 10.2 Å². The number of carbonyl (C=O) groups excluding carboxylic acids is 3. The van der Waals surface area contributed by atoms with Crippen LogP contribution in [0.1, 0.15) is 39.5 Å². The molecule has 31 heavy (non-hydrogen) atoms. The molecule has 2 aromatic rings. The highest BCUT2D eigenvalue weighted by Crippen LogP contribution is 2.32. The third-order valence-electron chi connectivity index (χ3n) is 5.09. The molecule has 1 aliphatic rings. The normalized spacial score (nSPS) is 15.0. The van der Waals surface area contributed by atoms with Crippen molar-refractivity contribution in [3.8, 4) is 11.5 Å². The Bertz CT molecular complexity index is 959. The van der Waals surface area contributed by atoms with Gasteiger partial charge in [0.25, 0.3) is 5.91 Å². The maximum Gasteiger partial charge on any atom is 0.325 e. The number of amides is 4. The fraction of sp³-hybridized carbons (Fsp3) is 0.348. The number of nitrogens with zero attached hydrogens (tertiary/aromatic N) is 1. The van der Waals surface area contributed by atoms with Crippen LogP contribution in [0.2, 0.25) is 5.02 Å². The van der Waals surface area contributed by atoms with Crippen LogP contribution in [0.4, 0.5) is 10.5 Å². The summed E-state index contributed by atoms with van der Waals surface area (Å²) in [5, 5.41) is 5.92. The molecule has 1 heterocycles. The van der Waals surface area contributed by atoms with Crippen molar-refractivity contribution in [2.45, 2.75) is 45.1 Å². The molecule has 164 valence electrons. The van der Waals surface area contributed by atoms with Crippen molar-refractivity contribution in [2.24, 2.45) is 0 Å². The van der Waals surface area contributed by atoms with E-state index in [0.29, 0.717) is 35.1 Å². The Morgan fingerprint density at radius 3 is 2.42 bits per heavy atom. The summed E-state index contributed by atoms with van der Waals surface area (Å²) in [4.78, 5) is 39.1. The number of para-hydroxylation sites is 1. The smallest absolute Gasteiger partial charge is 0.325 e. The number of imide groups is 1. The van der Waals surface area contributed by atoms with Crippen molar-refractivity contribution in [3.63, 3.8) is 0 Å². The number of benzene rings is 2. The Morgan fingerprint density at radius 1 is 1.10 bits per heavy atom. The van der Waals surface area contributed by atoms with Gasteiger partial charge in [-0.15, -0.1) is 0 Å². The Labute approximate surface area is 186 Å². The van der Waals surface area contributed by atoms with Gasteiger partial charge in [-0.2, -0.15) is 0 Å². The number of anilines is 1. The Hall–Kier alpha value is -3.06. The minimum absolute atomic E-state index is 0.349. The molecule has 1 saturated heterocycles. The van der Waals surface area contributed by atoms with Gasteiger partial charge in [0.1, 0.15) is 17.8 Å². The van der Waals surface area contributed by atoms with E-state index in [0.717, 1.165) is 17.7 Å². The second-order valence-electron chi connectivity index (χ2n) is 7.51. The van der Waals surface area contributed by atoms with Gasteiger partial charge in [-0.05, 0) is 43.2 Å². The first-order chi connectivity index (χ1) is 14.9. The van der Waals surface area contributed by atoms with Gasteiger partial charge >= 0.3 is 6.03 Å². The van der Waals surface area contributed by atoms with Gasteiger partial charge in [0.05, 0.1) is 5.69 Å². The quantitative estimate of drug-likeness (QED) is 0.536. The van der Waals surface area contributed by atoms with Gasteiger partial charge in [-0.25, -0.2) is 4.79 Å². The van der Waals surface area contributed by atoms with Gasteiger partial charge < -0.3 is 15.4 Å². The number of hydrogen-bond donors (Lipinski definition) is 2. The molecule has 0 saturated carbocycles. The molecule has 0 aliphatic carbocycles. The number of carbonyl (C=O) groups is 3. The lowest BCUT2D eigenvalue weighted by Crippen LogP contribution is -2.47. The van der Waals surface area contributed by atoms with Crippen molar-refractivity contribution in [1.29, 1.82) is 0 Å². The second-order valence-corrected chi connectivity index (χ2v) is 7.94.